The molecular formula is C15H18O12S. The van der Waals surface area contributed by atoms with Gasteiger partial charge in [0.25, 0.3) is 0 Å². The number of phenols is 2. The van der Waals surface area contributed by atoms with Crippen LogP contribution in [0.1, 0.15) is 5.56 Å². The number of carbonyl (C=O) groups excluding carboxylic acids is 1. The van der Waals surface area contributed by atoms with Crippen molar-refractivity contribution in [3.05, 3.63) is 29.8 Å². The lowest BCUT2D eigenvalue weighted by atomic mass is 9.99. The molecule has 2 rings (SSSR count). The lowest BCUT2D eigenvalue weighted by Gasteiger charge is -2.39. The zero-order valence-corrected chi connectivity index (χ0v) is 14.8. The van der Waals surface area contributed by atoms with E-state index in [2.05, 4.69) is 4.18 Å². The minimum atomic E-state index is -4.86. The molecule has 1 heterocycles. The Morgan fingerprint density at radius 1 is 1.11 bits per heavy atom. The Morgan fingerprint density at radius 3 is 2.39 bits per heavy atom. The molecule has 0 aromatic heterocycles. The second-order valence-corrected chi connectivity index (χ2v) is 6.84. The topological polar surface area (TPSA) is 200 Å². The summed E-state index contributed by atoms with van der Waals surface area (Å²) in [7, 11) is -4.86. The van der Waals surface area contributed by atoms with Crippen LogP contribution in [0.2, 0.25) is 0 Å². The van der Waals surface area contributed by atoms with Crippen molar-refractivity contribution in [2.45, 2.75) is 30.7 Å². The van der Waals surface area contributed by atoms with Gasteiger partial charge in [-0.25, -0.2) is 8.98 Å². The van der Waals surface area contributed by atoms with E-state index in [9.17, 15) is 38.7 Å². The van der Waals surface area contributed by atoms with Gasteiger partial charge in [-0.1, -0.05) is 6.07 Å². The highest BCUT2D eigenvalue weighted by Gasteiger charge is 2.45. The number of aromatic hydroxyl groups is 2. The number of phenolic OH excluding ortho intramolecular Hbond substituents is 2. The van der Waals surface area contributed by atoms with E-state index in [4.69, 9.17) is 14.0 Å². The molecule has 12 nitrogen and oxygen atoms in total. The molecule has 0 radical (unpaired) electrons. The molecule has 28 heavy (non-hydrogen) atoms. The molecule has 1 aliphatic heterocycles. The summed E-state index contributed by atoms with van der Waals surface area (Å²) in [5.41, 5.74) is 0.326. The number of aliphatic hydroxyl groups excluding tert-OH is 3. The van der Waals surface area contributed by atoms with Gasteiger partial charge in [-0.2, -0.15) is 8.42 Å². The number of ether oxygens (including phenoxy) is 2. The molecule has 1 aromatic rings. The maximum Gasteiger partial charge on any atom is 0.397 e. The van der Waals surface area contributed by atoms with Crippen molar-refractivity contribution in [3.63, 3.8) is 0 Å². The molecule has 1 aliphatic rings. The summed E-state index contributed by atoms with van der Waals surface area (Å²) in [6, 6.07) is 3.73. The minimum Gasteiger partial charge on any atom is -0.504 e. The quantitative estimate of drug-likeness (QED) is 0.131. The van der Waals surface area contributed by atoms with E-state index < -0.39 is 59.4 Å². The Labute approximate surface area is 158 Å². The lowest BCUT2D eigenvalue weighted by Crippen LogP contribution is -2.59. The zero-order chi connectivity index (χ0) is 21.1. The Balaban J connectivity index is 2.02. The fourth-order valence-electron chi connectivity index (χ4n) is 2.27. The van der Waals surface area contributed by atoms with Crippen LogP contribution in [0.4, 0.5) is 0 Å². The summed E-state index contributed by atoms with van der Waals surface area (Å²) in [5.74, 6) is -1.82. The van der Waals surface area contributed by atoms with Gasteiger partial charge in [-0.3, -0.25) is 4.55 Å². The van der Waals surface area contributed by atoms with Gasteiger partial charge in [0, 0.05) is 6.08 Å². The normalized spacial score (nSPS) is 28.4. The second kappa shape index (κ2) is 8.83. The van der Waals surface area contributed by atoms with E-state index in [0.717, 1.165) is 12.1 Å². The molecule has 5 atom stereocenters. The van der Waals surface area contributed by atoms with E-state index >= 15 is 0 Å². The van der Waals surface area contributed by atoms with Crippen LogP contribution in [0.25, 0.3) is 6.08 Å². The smallest absolute Gasteiger partial charge is 0.397 e. The summed E-state index contributed by atoms with van der Waals surface area (Å²) in [6.45, 7) is -0.916. The number of carbonyl (C=O) groups is 1. The number of hydrogen-bond acceptors (Lipinski definition) is 11. The first-order valence-electron chi connectivity index (χ1n) is 7.70. The van der Waals surface area contributed by atoms with Crippen LogP contribution in [0.3, 0.4) is 0 Å². The first-order chi connectivity index (χ1) is 13.0. The van der Waals surface area contributed by atoms with Crippen LogP contribution in [-0.4, -0.2) is 81.8 Å². The van der Waals surface area contributed by atoms with E-state index in [-0.39, 0.29) is 5.75 Å². The first kappa shape index (κ1) is 22.0. The summed E-state index contributed by atoms with van der Waals surface area (Å²) in [6.07, 6.45) is -6.73. The van der Waals surface area contributed by atoms with Gasteiger partial charge in [-0.05, 0) is 23.8 Å². The van der Waals surface area contributed by atoms with E-state index in [1.807, 2.05) is 0 Å². The average Bonchev–Trinajstić information content (AvgIpc) is 2.61. The SMILES string of the molecule is O=C(C=Cc1ccc(O)c(O)c1)OC1OC(COS(=O)(=O)O)C(O)C(O)C1O. The highest BCUT2D eigenvalue weighted by atomic mass is 32.3. The average molecular weight is 422 g/mol. The molecule has 1 saturated heterocycles. The largest absolute Gasteiger partial charge is 0.504 e. The predicted molar refractivity (Wildman–Crippen MR) is 89.1 cm³/mol. The molecule has 6 N–H and O–H groups in total. The third-order valence-corrected chi connectivity index (χ3v) is 4.13. The maximum absolute atomic E-state index is 11.9. The molecule has 0 spiro atoms. The Bertz CT molecular complexity index is 835. The van der Waals surface area contributed by atoms with Crippen molar-refractivity contribution >= 4 is 22.4 Å². The van der Waals surface area contributed by atoms with Crippen molar-refractivity contribution in [1.29, 1.82) is 0 Å². The molecular weight excluding hydrogens is 404 g/mol. The van der Waals surface area contributed by atoms with Crippen molar-refractivity contribution in [2.24, 2.45) is 0 Å². The monoisotopic (exact) mass is 422 g/mol. The van der Waals surface area contributed by atoms with Gasteiger partial charge in [0.2, 0.25) is 6.29 Å². The van der Waals surface area contributed by atoms with E-state index in [1.165, 1.54) is 18.2 Å². The highest BCUT2D eigenvalue weighted by Crippen LogP contribution is 2.26. The Hall–Kier alpha value is -2.26. The molecule has 0 amide bonds. The van der Waals surface area contributed by atoms with Crippen LogP contribution in [0.5, 0.6) is 11.5 Å². The summed E-state index contributed by atoms with van der Waals surface area (Å²) >= 11 is 0. The third-order valence-electron chi connectivity index (χ3n) is 3.69. The maximum atomic E-state index is 11.9. The predicted octanol–water partition coefficient (Wildman–Crippen LogP) is -1.72. The van der Waals surface area contributed by atoms with Crippen molar-refractivity contribution in [1.82, 2.24) is 0 Å². The summed E-state index contributed by atoms with van der Waals surface area (Å²) in [4.78, 5) is 11.9. The highest BCUT2D eigenvalue weighted by molar-refractivity contribution is 7.80. The molecule has 0 bridgehead atoms. The molecule has 5 unspecified atom stereocenters. The van der Waals surface area contributed by atoms with E-state index in [1.54, 1.807) is 0 Å². The molecule has 0 aliphatic carbocycles. The van der Waals surface area contributed by atoms with Crippen LogP contribution in [0, 0.1) is 0 Å². The number of aliphatic hydroxyl groups is 3. The van der Waals surface area contributed by atoms with E-state index in [0.29, 0.717) is 5.56 Å². The fourth-order valence-corrected chi connectivity index (χ4v) is 2.57. The zero-order valence-electron chi connectivity index (χ0n) is 14.0. The van der Waals surface area contributed by atoms with Crippen LogP contribution >= 0.6 is 0 Å². The Morgan fingerprint density at radius 2 is 1.79 bits per heavy atom. The molecule has 0 saturated carbocycles. The van der Waals surface area contributed by atoms with Crippen LogP contribution < -0.4 is 0 Å². The Kier molecular flexibility index (Phi) is 6.95. The van der Waals surface area contributed by atoms with Gasteiger partial charge in [0.1, 0.15) is 24.4 Å². The van der Waals surface area contributed by atoms with Crippen molar-refractivity contribution < 1.29 is 57.0 Å². The second-order valence-electron chi connectivity index (χ2n) is 5.75. The van der Waals surface area contributed by atoms with Gasteiger partial charge in [0.15, 0.2) is 11.5 Å². The van der Waals surface area contributed by atoms with Crippen LogP contribution in [0.15, 0.2) is 24.3 Å². The molecule has 13 heteroatoms. The summed E-state index contributed by atoms with van der Waals surface area (Å²) < 4.78 is 43.7. The summed E-state index contributed by atoms with van der Waals surface area (Å²) in [5, 5.41) is 48.0. The first-order valence-corrected chi connectivity index (χ1v) is 9.06. The molecule has 1 fully saturated rings. The van der Waals surface area contributed by atoms with Gasteiger partial charge >= 0.3 is 16.4 Å². The number of rotatable bonds is 6. The van der Waals surface area contributed by atoms with Gasteiger partial charge in [-0.15, -0.1) is 0 Å². The van der Waals surface area contributed by atoms with Gasteiger partial charge in [0.05, 0.1) is 6.61 Å². The number of benzene rings is 1. The van der Waals surface area contributed by atoms with Gasteiger partial charge < -0.3 is 35.0 Å². The van der Waals surface area contributed by atoms with Crippen molar-refractivity contribution in [2.75, 3.05) is 6.61 Å². The third kappa shape index (κ3) is 5.87. The minimum absolute atomic E-state index is 0.326. The molecule has 1 aromatic carbocycles. The van der Waals surface area contributed by atoms with Crippen molar-refractivity contribution in [3.8, 4) is 11.5 Å². The fraction of sp³-hybridized carbons (Fsp3) is 0.400. The molecule has 156 valence electrons. The van der Waals surface area contributed by atoms with Crippen LogP contribution in [-0.2, 0) is 28.9 Å². The number of hydrogen-bond donors (Lipinski definition) is 6. The number of esters is 1. The lowest BCUT2D eigenvalue weighted by molar-refractivity contribution is -0.290. The standard InChI is InChI=1S/C15H18O12S/c16-8-3-1-7(5-9(8)17)2-4-11(18)27-15-14(21)13(20)12(19)10(26-15)6-25-28(22,23)24/h1-5,10,12-17,19-21H,6H2,(H,22,23,24).